The van der Waals surface area contributed by atoms with E-state index in [0.717, 1.165) is 22.4 Å². The van der Waals surface area contributed by atoms with E-state index in [2.05, 4.69) is 15.2 Å². The second kappa shape index (κ2) is 10.9. The first-order valence-corrected chi connectivity index (χ1v) is 13.5. The minimum atomic E-state index is -0.231. The summed E-state index contributed by atoms with van der Waals surface area (Å²) in [6.07, 6.45) is 3.99. The summed E-state index contributed by atoms with van der Waals surface area (Å²) in [5.41, 5.74) is 4.24. The van der Waals surface area contributed by atoms with Crippen LogP contribution >= 0.6 is 23.2 Å². The Morgan fingerprint density at radius 2 is 1.82 bits per heavy atom. The van der Waals surface area contributed by atoms with Gasteiger partial charge in [0, 0.05) is 53.1 Å². The van der Waals surface area contributed by atoms with Crippen LogP contribution in [0.1, 0.15) is 28.4 Å². The second-order valence-electron chi connectivity index (χ2n) is 9.38. The van der Waals surface area contributed by atoms with Crippen LogP contribution in [0.5, 0.6) is 11.6 Å². The molecule has 200 valence electrons. The number of morpholine rings is 1. The number of halogens is 2. The van der Waals surface area contributed by atoms with E-state index in [9.17, 15) is 4.79 Å². The number of pyridine rings is 2. The van der Waals surface area contributed by atoms with Gasteiger partial charge in [-0.2, -0.15) is 0 Å². The number of nitrogens with one attached hydrogen (secondary N) is 1. The first kappa shape index (κ1) is 25.7. The molecule has 1 saturated heterocycles. The number of carbonyl (C=O) groups is 1. The van der Waals surface area contributed by atoms with Crippen molar-refractivity contribution >= 4 is 45.7 Å². The minimum Gasteiger partial charge on any atom is -0.493 e. The Balaban J connectivity index is 1.51. The highest BCUT2D eigenvalue weighted by Crippen LogP contribution is 2.41. The van der Waals surface area contributed by atoms with Crippen molar-refractivity contribution in [2.24, 2.45) is 0 Å². The molecule has 6 rings (SSSR count). The fourth-order valence-corrected chi connectivity index (χ4v) is 5.77. The molecule has 1 atom stereocenters. The molecule has 2 aromatic carbocycles. The maximum Gasteiger partial charge on any atom is 0.255 e. The van der Waals surface area contributed by atoms with E-state index in [1.54, 1.807) is 25.6 Å². The Bertz CT molecular complexity index is 1540. The molecule has 1 N–H and O–H groups in total. The van der Waals surface area contributed by atoms with Gasteiger partial charge in [0.25, 0.3) is 5.91 Å². The first-order chi connectivity index (χ1) is 19.0. The quantitative estimate of drug-likeness (QED) is 0.332. The largest absolute Gasteiger partial charge is 0.493 e. The van der Waals surface area contributed by atoms with E-state index in [0.29, 0.717) is 77.4 Å². The molecule has 4 heterocycles. The monoisotopic (exact) mass is 564 g/mol. The smallest absolute Gasteiger partial charge is 0.255 e. The summed E-state index contributed by atoms with van der Waals surface area (Å²) in [6, 6.07) is 12.9. The van der Waals surface area contributed by atoms with Gasteiger partial charge in [0.2, 0.25) is 5.88 Å². The predicted molar refractivity (Wildman–Crippen MR) is 151 cm³/mol. The summed E-state index contributed by atoms with van der Waals surface area (Å²) in [5, 5.41) is 4.87. The van der Waals surface area contributed by atoms with Crippen LogP contribution in [0.4, 0.5) is 5.69 Å². The Morgan fingerprint density at radius 3 is 2.59 bits per heavy atom. The van der Waals surface area contributed by atoms with Crippen LogP contribution < -0.4 is 19.7 Å². The summed E-state index contributed by atoms with van der Waals surface area (Å²) in [5.74, 6) is 0.933. The Labute approximate surface area is 235 Å². The van der Waals surface area contributed by atoms with Crippen LogP contribution in [0, 0.1) is 0 Å². The fraction of sp³-hybridized carbons (Fsp3) is 0.276. The van der Waals surface area contributed by atoms with Gasteiger partial charge in [-0.3, -0.25) is 9.78 Å². The zero-order valence-corrected chi connectivity index (χ0v) is 22.8. The van der Waals surface area contributed by atoms with E-state index >= 15 is 0 Å². The number of amides is 1. The number of fused-ring (bicyclic) bond motifs is 2. The van der Waals surface area contributed by atoms with E-state index in [1.165, 1.54) is 0 Å². The Kier molecular flexibility index (Phi) is 7.16. The maximum atomic E-state index is 13.9. The lowest BCUT2D eigenvalue weighted by atomic mass is 9.99. The van der Waals surface area contributed by atoms with Crippen LogP contribution in [0.2, 0.25) is 10.0 Å². The number of rotatable bonds is 5. The number of benzene rings is 2. The fourth-order valence-electron chi connectivity index (χ4n) is 5.24. The number of carbonyl (C=O) groups excluding carboxylic acids is 1. The van der Waals surface area contributed by atoms with Crippen molar-refractivity contribution in [3.05, 3.63) is 76.0 Å². The molecule has 4 aromatic rings. The molecule has 0 aliphatic carbocycles. The number of aromatic nitrogens is 2. The van der Waals surface area contributed by atoms with Crippen molar-refractivity contribution in [3.8, 4) is 22.8 Å². The van der Waals surface area contributed by atoms with Crippen LogP contribution in [-0.2, 0) is 4.74 Å². The zero-order valence-electron chi connectivity index (χ0n) is 21.2. The Morgan fingerprint density at radius 1 is 1.05 bits per heavy atom. The highest BCUT2D eigenvalue weighted by molar-refractivity contribution is 6.35. The molecule has 0 spiro atoms. The van der Waals surface area contributed by atoms with Gasteiger partial charge in [-0.15, -0.1) is 0 Å². The molecule has 2 aromatic heterocycles. The number of hydrogen-bond acceptors (Lipinski definition) is 7. The number of hydrogen-bond donors (Lipinski definition) is 1. The van der Waals surface area contributed by atoms with Gasteiger partial charge in [0.15, 0.2) is 0 Å². The van der Waals surface area contributed by atoms with E-state index in [4.69, 9.17) is 42.4 Å². The summed E-state index contributed by atoms with van der Waals surface area (Å²) in [7, 11) is 1.56. The lowest BCUT2D eigenvalue weighted by molar-refractivity contribution is 0.0923. The van der Waals surface area contributed by atoms with Crippen molar-refractivity contribution in [1.82, 2.24) is 15.3 Å². The molecule has 2 aliphatic heterocycles. The van der Waals surface area contributed by atoms with Crippen molar-refractivity contribution in [1.29, 1.82) is 0 Å². The number of nitrogens with zero attached hydrogens (tertiary/aromatic N) is 3. The standard InChI is InChI=1S/C29H26Cl2N4O4/c1-37-29-25-26(21(15-33-29)17-12-18(30)14-19(31)13-17)32-16-22(27(25)35-7-10-38-11-8-35)28(36)34-23-6-9-39-24-5-3-2-4-20(23)24/h2-5,12-16,23H,6-11H2,1H3,(H,34,36)/t23-/m0/s1. The van der Waals surface area contributed by atoms with Gasteiger partial charge >= 0.3 is 0 Å². The van der Waals surface area contributed by atoms with Gasteiger partial charge < -0.3 is 24.4 Å². The number of para-hydroxylation sites is 1. The van der Waals surface area contributed by atoms with Crippen molar-refractivity contribution in [2.45, 2.75) is 12.5 Å². The topological polar surface area (TPSA) is 85.8 Å². The maximum absolute atomic E-state index is 13.9. The number of methoxy groups -OCH3 is 1. The van der Waals surface area contributed by atoms with Crippen LogP contribution in [0.3, 0.4) is 0 Å². The van der Waals surface area contributed by atoms with E-state index < -0.39 is 0 Å². The molecular formula is C29H26Cl2N4O4. The minimum absolute atomic E-state index is 0.185. The lowest BCUT2D eigenvalue weighted by Gasteiger charge is -2.32. The summed E-state index contributed by atoms with van der Waals surface area (Å²) >= 11 is 12.6. The Hall–Kier alpha value is -3.59. The lowest BCUT2D eigenvalue weighted by Crippen LogP contribution is -2.39. The summed E-state index contributed by atoms with van der Waals surface area (Å²) < 4.78 is 17.1. The van der Waals surface area contributed by atoms with E-state index in [1.807, 2.05) is 36.4 Å². The van der Waals surface area contributed by atoms with Gasteiger partial charge in [0.05, 0.1) is 55.1 Å². The van der Waals surface area contributed by atoms with Crippen molar-refractivity contribution in [3.63, 3.8) is 0 Å². The third-order valence-electron chi connectivity index (χ3n) is 7.03. The molecule has 2 aliphatic rings. The average molecular weight is 565 g/mol. The summed E-state index contributed by atoms with van der Waals surface area (Å²) in [6.45, 7) is 2.82. The highest BCUT2D eigenvalue weighted by atomic mass is 35.5. The van der Waals surface area contributed by atoms with Gasteiger partial charge in [0.1, 0.15) is 5.75 Å². The van der Waals surface area contributed by atoms with E-state index in [-0.39, 0.29) is 11.9 Å². The first-order valence-electron chi connectivity index (χ1n) is 12.7. The molecule has 1 fully saturated rings. The van der Waals surface area contributed by atoms with Gasteiger partial charge in [-0.05, 0) is 29.8 Å². The van der Waals surface area contributed by atoms with Crippen LogP contribution in [0.15, 0.2) is 54.9 Å². The molecule has 0 bridgehead atoms. The van der Waals surface area contributed by atoms with Gasteiger partial charge in [-0.25, -0.2) is 4.98 Å². The third kappa shape index (κ3) is 4.95. The molecule has 10 heteroatoms. The summed E-state index contributed by atoms with van der Waals surface area (Å²) in [4.78, 5) is 25.5. The average Bonchev–Trinajstić information content (AvgIpc) is 2.96. The van der Waals surface area contributed by atoms with Crippen LogP contribution in [-0.4, -0.2) is 55.9 Å². The molecule has 8 nitrogen and oxygen atoms in total. The van der Waals surface area contributed by atoms with Crippen molar-refractivity contribution in [2.75, 3.05) is 44.9 Å². The van der Waals surface area contributed by atoms with Crippen molar-refractivity contribution < 1.29 is 19.0 Å². The molecule has 0 unspecified atom stereocenters. The molecule has 0 saturated carbocycles. The number of ether oxygens (including phenoxy) is 3. The number of anilines is 1. The third-order valence-corrected chi connectivity index (χ3v) is 7.47. The SMILES string of the molecule is COc1ncc(-c2cc(Cl)cc(Cl)c2)c2ncc(C(=O)N[C@H]3CCOc4ccccc43)c(N3CCOCC3)c12. The highest BCUT2D eigenvalue weighted by Gasteiger charge is 2.29. The van der Waals surface area contributed by atoms with Crippen LogP contribution in [0.25, 0.3) is 22.0 Å². The second-order valence-corrected chi connectivity index (χ2v) is 10.3. The zero-order chi connectivity index (χ0) is 26.9. The molecular weight excluding hydrogens is 539 g/mol. The normalized spacial score (nSPS) is 16.9. The molecule has 1 amide bonds. The predicted octanol–water partition coefficient (Wildman–Crippen LogP) is 5.70. The van der Waals surface area contributed by atoms with Gasteiger partial charge in [-0.1, -0.05) is 41.4 Å². The molecule has 39 heavy (non-hydrogen) atoms. The molecule has 0 radical (unpaired) electrons.